The first-order chi connectivity index (χ1) is 12.1. The second-order valence-electron chi connectivity index (χ2n) is 6.39. The molecule has 3 aromatic rings. The number of nitrogens with zero attached hydrogens (tertiary/aromatic N) is 3. The van der Waals surface area contributed by atoms with E-state index in [-0.39, 0.29) is 0 Å². The third-order valence-electron chi connectivity index (χ3n) is 4.21. The van der Waals surface area contributed by atoms with Gasteiger partial charge in [-0.3, -0.25) is 4.90 Å². The molecule has 0 saturated carbocycles. The maximum absolute atomic E-state index is 5.55. The van der Waals surface area contributed by atoms with Crippen LogP contribution in [-0.4, -0.2) is 27.3 Å². The summed E-state index contributed by atoms with van der Waals surface area (Å²) < 4.78 is 2.78. The third kappa shape index (κ3) is 3.59. The van der Waals surface area contributed by atoms with E-state index in [0.29, 0.717) is 12.1 Å². The van der Waals surface area contributed by atoms with Crippen molar-refractivity contribution in [3.8, 4) is 0 Å². The molecule has 8 heteroatoms. The van der Waals surface area contributed by atoms with Crippen molar-refractivity contribution < 1.29 is 0 Å². The van der Waals surface area contributed by atoms with Crippen molar-refractivity contribution in [2.24, 2.45) is 0 Å². The Kier molecular flexibility index (Phi) is 5.06. The number of thiophene rings is 2. The first-order valence-corrected chi connectivity index (χ1v) is 11.3. The standard InChI is InChI=1S/C17H20N4S4/c1-11(2)18-16-19-21(17(22)25-16)10-20-7-5-13-12(6-9-24-13)15(20)14-4-3-8-23-14/h3-4,6,8-9,11,15H,5,7,10H2,1-2H3,(H,18,19)/t15-/m0/s1. The molecule has 0 radical (unpaired) electrons. The molecule has 4 rings (SSSR count). The minimum atomic E-state index is 0.306. The molecule has 132 valence electrons. The zero-order chi connectivity index (χ0) is 17.4. The molecule has 0 unspecified atom stereocenters. The van der Waals surface area contributed by atoms with Crippen LogP contribution in [0.5, 0.6) is 0 Å². The zero-order valence-electron chi connectivity index (χ0n) is 14.1. The van der Waals surface area contributed by atoms with Gasteiger partial charge in [-0.2, -0.15) is 0 Å². The van der Waals surface area contributed by atoms with Gasteiger partial charge in [-0.05, 0) is 60.9 Å². The Morgan fingerprint density at radius 2 is 2.20 bits per heavy atom. The van der Waals surface area contributed by atoms with Crippen LogP contribution in [0.25, 0.3) is 0 Å². The van der Waals surface area contributed by atoms with Crippen molar-refractivity contribution in [2.75, 3.05) is 11.9 Å². The Bertz CT molecular complexity index is 890. The Labute approximate surface area is 164 Å². The second kappa shape index (κ2) is 7.28. The monoisotopic (exact) mass is 408 g/mol. The van der Waals surface area contributed by atoms with Gasteiger partial charge in [0, 0.05) is 22.3 Å². The van der Waals surface area contributed by atoms with Crippen LogP contribution >= 0.6 is 46.2 Å². The van der Waals surface area contributed by atoms with E-state index in [4.69, 9.17) is 12.2 Å². The van der Waals surface area contributed by atoms with Crippen LogP contribution in [0.3, 0.4) is 0 Å². The first-order valence-electron chi connectivity index (χ1n) is 8.30. The molecule has 0 saturated heterocycles. The number of hydrogen-bond acceptors (Lipinski definition) is 7. The molecule has 4 heterocycles. The summed E-state index contributed by atoms with van der Waals surface area (Å²) in [6.07, 6.45) is 1.10. The normalized spacial score (nSPS) is 17.8. The molecule has 0 spiro atoms. The van der Waals surface area contributed by atoms with Gasteiger partial charge in [-0.1, -0.05) is 17.4 Å². The summed E-state index contributed by atoms with van der Waals surface area (Å²) in [7, 11) is 0. The molecule has 3 aromatic heterocycles. The van der Waals surface area contributed by atoms with Crippen LogP contribution in [0.15, 0.2) is 29.0 Å². The van der Waals surface area contributed by atoms with Crippen LogP contribution in [0.4, 0.5) is 5.13 Å². The van der Waals surface area contributed by atoms with Crippen LogP contribution < -0.4 is 5.32 Å². The third-order valence-corrected chi connectivity index (χ3v) is 7.37. The minimum absolute atomic E-state index is 0.306. The molecule has 0 fully saturated rings. The fraction of sp³-hybridized carbons (Fsp3) is 0.412. The van der Waals surface area contributed by atoms with Gasteiger partial charge in [0.15, 0.2) is 3.95 Å². The van der Waals surface area contributed by atoms with Crippen molar-refractivity contribution in [3.05, 3.63) is 48.2 Å². The molecular formula is C17H20N4S4. The van der Waals surface area contributed by atoms with Crippen molar-refractivity contribution in [1.29, 1.82) is 0 Å². The molecule has 1 N–H and O–H groups in total. The molecule has 0 aliphatic carbocycles. The number of nitrogens with one attached hydrogen (secondary N) is 1. The van der Waals surface area contributed by atoms with E-state index in [1.807, 2.05) is 27.4 Å². The van der Waals surface area contributed by atoms with Crippen LogP contribution in [0.1, 0.15) is 35.2 Å². The summed E-state index contributed by atoms with van der Waals surface area (Å²) in [5.41, 5.74) is 1.45. The number of hydrogen-bond donors (Lipinski definition) is 1. The maximum atomic E-state index is 5.55. The summed E-state index contributed by atoms with van der Waals surface area (Å²) in [6, 6.07) is 7.32. The van der Waals surface area contributed by atoms with Gasteiger partial charge < -0.3 is 5.32 Å². The predicted octanol–water partition coefficient (Wildman–Crippen LogP) is 5.22. The lowest BCUT2D eigenvalue weighted by Gasteiger charge is -2.35. The Hall–Kier alpha value is -1.06. The lowest BCUT2D eigenvalue weighted by molar-refractivity contribution is 0.159. The zero-order valence-corrected chi connectivity index (χ0v) is 17.4. The predicted molar refractivity (Wildman–Crippen MR) is 111 cm³/mol. The number of rotatable bonds is 5. The van der Waals surface area contributed by atoms with Crippen molar-refractivity contribution >= 4 is 51.4 Å². The number of anilines is 1. The van der Waals surface area contributed by atoms with Gasteiger partial charge in [-0.25, -0.2) is 4.68 Å². The highest BCUT2D eigenvalue weighted by molar-refractivity contribution is 7.73. The van der Waals surface area contributed by atoms with Gasteiger partial charge >= 0.3 is 0 Å². The van der Waals surface area contributed by atoms with E-state index in [0.717, 1.165) is 28.7 Å². The first kappa shape index (κ1) is 17.4. The highest BCUT2D eigenvalue weighted by Gasteiger charge is 2.30. The van der Waals surface area contributed by atoms with E-state index in [1.165, 1.54) is 15.3 Å². The fourth-order valence-electron chi connectivity index (χ4n) is 3.17. The summed E-state index contributed by atoms with van der Waals surface area (Å²) in [5, 5.41) is 13.3. The molecule has 0 amide bonds. The van der Waals surface area contributed by atoms with Gasteiger partial charge in [0.25, 0.3) is 0 Å². The second-order valence-corrected chi connectivity index (χ2v) is 10.00. The average Bonchev–Trinajstić information content (AvgIpc) is 3.29. The summed E-state index contributed by atoms with van der Waals surface area (Å²) in [4.78, 5) is 5.40. The molecule has 0 aromatic carbocycles. The van der Waals surface area contributed by atoms with Crippen molar-refractivity contribution in [3.63, 3.8) is 0 Å². The summed E-state index contributed by atoms with van der Waals surface area (Å²) in [5.74, 6) is 0. The SMILES string of the molecule is CC(C)Nc1nn(CN2CCc3sccc3[C@H]2c2cccs2)c(=S)s1. The van der Waals surface area contributed by atoms with Gasteiger partial charge in [0.05, 0.1) is 12.7 Å². The molecule has 0 bridgehead atoms. The molecule has 4 nitrogen and oxygen atoms in total. The van der Waals surface area contributed by atoms with E-state index >= 15 is 0 Å². The molecular weight excluding hydrogens is 388 g/mol. The van der Waals surface area contributed by atoms with E-state index in [1.54, 1.807) is 11.3 Å². The maximum Gasteiger partial charge on any atom is 0.204 e. The lowest BCUT2D eigenvalue weighted by atomic mass is 9.99. The van der Waals surface area contributed by atoms with E-state index in [9.17, 15) is 0 Å². The quantitative estimate of drug-likeness (QED) is 0.587. The van der Waals surface area contributed by atoms with Crippen LogP contribution in [-0.2, 0) is 13.1 Å². The molecule has 1 aliphatic heterocycles. The van der Waals surface area contributed by atoms with Gasteiger partial charge in [0.2, 0.25) is 5.13 Å². The van der Waals surface area contributed by atoms with Gasteiger partial charge in [0.1, 0.15) is 0 Å². The van der Waals surface area contributed by atoms with Gasteiger partial charge in [-0.15, -0.1) is 27.8 Å². The highest BCUT2D eigenvalue weighted by atomic mass is 32.1. The number of fused-ring (bicyclic) bond motifs is 1. The van der Waals surface area contributed by atoms with Crippen LogP contribution in [0.2, 0.25) is 0 Å². The Morgan fingerprint density at radius 3 is 2.96 bits per heavy atom. The highest BCUT2D eigenvalue weighted by Crippen LogP contribution is 2.39. The van der Waals surface area contributed by atoms with E-state index < -0.39 is 0 Å². The Morgan fingerprint density at radius 1 is 1.32 bits per heavy atom. The smallest absolute Gasteiger partial charge is 0.204 e. The summed E-state index contributed by atoms with van der Waals surface area (Å²) in [6.45, 7) is 5.99. The topological polar surface area (TPSA) is 33.1 Å². The largest absolute Gasteiger partial charge is 0.358 e. The van der Waals surface area contributed by atoms with Crippen molar-refractivity contribution in [2.45, 2.75) is 39.0 Å². The number of aromatic nitrogens is 2. The molecule has 1 atom stereocenters. The molecule has 25 heavy (non-hydrogen) atoms. The lowest BCUT2D eigenvalue weighted by Crippen LogP contribution is -2.36. The molecule has 1 aliphatic rings. The van der Waals surface area contributed by atoms with E-state index in [2.05, 4.69) is 58.1 Å². The van der Waals surface area contributed by atoms with Crippen molar-refractivity contribution in [1.82, 2.24) is 14.7 Å². The average molecular weight is 409 g/mol. The Balaban J connectivity index is 1.63. The fourth-order valence-corrected chi connectivity index (χ4v) is 6.09. The van der Waals surface area contributed by atoms with Crippen LogP contribution in [0, 0.1) is 3.95 Å². The minimum Gasteiger partial charge on any atom is -0.358 e. The summed E-state index contributed by atoms with van der Waals surface area (Å²) >= 11 is 10.8.